The highest BCUT2D eigenvalue weighted by molar-refractivity contribution is 5.81. The normalized spacial score (nSPS) is 27.3. The molecule has 0 heterocycles. The first-order valence-electron chi connectivity index (χ1n) is 6.67. The number of carbonyl (C=O) groups is 1. The van der Waals surface area contributed by atoms with Gasteiger partial charge in [-0.3, -0.25) is 4.79 Å². The SMILES string of the molecule is CC1CCC(C(=O)O)(c2cccc(C(F)(F)F)c2)CC1. The highest BCUT2D eigenvalue weighted by Gasteiger charge is 2.43. The van der Waals surface area contributed by atoms with Gasteiger partial charge in [0, 0.05) is 0 Å². The van der Waals surface area contributed by atoms with Crippen molar-refractivity contribution in [3.63, 3.8) is 0 Å². The number of benzene rings is 1. The average Bonchev–Trinajstić information content (AvgIpc) is 2.39. The topological polar surface area (TPSA) is 37.3 Å². The van der Waals surface area contributed by atoms with Crippen LogP contribution in [0.3, 0.4) is 0 Å². The third-order valence-electron chi connectivity index (χ3n) is 4.28. The molecule has 2 nitrogen and oxygen atoms in total. The van der Waals surface area contributed by atoms with Crippen LogP contribution in [0.15, 0.2) is 24.3 Å². The van der Waals surface area contributed by atoms with Gasteiger partial charge in [0.25, 0.3) is 0 Å². The minimum atomic E-state index is -4.45. The smallest absolute Gasteiger partial charge is 0.416 e. The lowest BCUT2D eigenvalue weighted by Crippen LogP contribution is -2.39. The van der Waals surface area contributed by atoms with Crippen LogP contribution in [0.4, 0.5) is 13.2 Å². The first-order chi connectivity index (χ1) is 9.25. The molecule has 1 aromatic rings. The van der Waals surface area contributed by atoms with Crippen LogP contribution >= 0.6 is 0 Å². The first kappa shape index (κ1) is 14.9. The van der Waals surface area contributed by atoms with E-state index >= 15 is 0 Å². The van der Waals surface area contributed by atoms with Crippen molar-refractivity contribution in [2.75, 3.05) is 0 Å². The molecule has 0 spiro atoms. The van der Waals surface area contributed by atoms with Crippen LogP contribution in [0.1, 0.15) is 43.7 Å². The van der Waals surface area contributed by atoms with Crippen molar-refractivity contribution in [1.82, 2.24) is 0 Å². The molecule has 1 aliphatic carbocycles. The van der Waals surface area contributed by atoms with E-state index in [1.54, 1.807) is 0 Å². The van der Waals surface area contributed by atoms with E-state index in [0.29, 0.717) is 18.8 Å². The lowest BCUT2D eigenvalue weighted by molar-refractivity contribution is -0.146. The maximum Gasteiger partial charge on any atom is 0.416 e. The van der Waals surface area contributed by atoms with E-state index in [1.807, 2.05) is 6.92 Å². The Labute approximate surface area is 115 Å². The molecule has 5 heteroatoms. The predicted molar refractivity (Wildman–Crippen MR) is 68.4 cm³/mol. The molecule has 0 aromatic heterocycles. The Morgan fingerprint density at radius 3 is 2.40 bits per heavy atom. The molecule has 0 radical (unpaired) electrons. The van der Waals surface area contributed by atoms with E-state index in [0.717, 1.165) is 25.0 Å². The van der Waals surface area contributed by atoms with Gasteiger partial charge in [0.2, 0.25) is 0 Å². The number of rotatable bonds is 2. The van der Waals surface area contributed by atoms with Gasteiger partial charge in [0.05, 0.1) is 11.0 Å². The minimum absolute atomic E-state index is 0.270. The van der Waals surface area contributed by atoms with Crippen molar-refractivity contribution in [3.05, 3.63) is 35.4 Å². The lowest BCUT2D eigenvalue weighted by atomic mass is 9.67. The number of alkyl halides is 3. The van der Waals surface area contributed by atoms with Crippen molar-refractivity contribution in [2.45, 2.75) is 44.2 Å². The zero-order chi connectivity index (χ0) is 15.0. The summed E-state index contributed by atoms with van der Waals surface area (Å²) in [5.41, 5.74) is -1.69. The van der Waals surface area contributed by atoms with E-state index in [1.165, 1.54) is 12.1 Å². The van der Waals surface area contributed by atoms with Crippen molar-refractivity contribution in [3.8, 4) is 0 Å². The third kappa shape index (κ3) is 2.67. The molecular formula is C15H17F3O2. The summed E-state index contributed by atoms with van der Waals surface area (Å²) in [6, 6.07) is 4.76. The molecular weight excluding hydrogens is 269 g/mol. The van der Waals surface area contributed by atoms with Gasteiger partial charge in [-0.1, -0.05) is 25.1 Å². The Kier molecular flexibility index (Phi) is 3.80. The van der Waals surface area contributed by atoms with Crippen LogP contribution in [0.2, 0.25) is 0 Å². The van der Waals surface area contributed by atoms with Crippen LogP contribution in [-0.2, 0) is 16.4 Å². The van der Waals surface area contributed by atoms with Crippen molar-refractivity contribution >= 4 is 5.97 Å². The molecule has 1 aliphatic rings. The van der Waals surface area contributed by atoms with Crippen molar-refractivity contribution in [2.24, 2.45) is 5.92 Å². The molecule has 1 N–H and O–H groups in total. The largest absolute Gasteiger partial charge is 0.481 e. The van der Waals surface area contributed by atoms with Crippen LogP contribution < -0.4 is 0 Å². The maximum absolute atomic E-state index is 12.8. The lowest BCUT2D eigenvalue weighted by Gasteiger charge is -2.36. The minimum Gasteiger partial charge on any atom is -0.481 e. The number of halogens is 3. The molecule has 110 valence electrons. The maximum atomic E-state index is 12.8. The summed E-state index contributed by atoms with van der Waals surface area (Å²) in [7, 11) is 0. The van der Waals surface area contributed by atoms with Gasteiger partial charge < -0.3 is 5.11 Å². The second kappa shape index (κ2) is 5.11. The summed E-state index contributed by atoms with van der Waals surface area (Å²) in [6.45, 7) is 2.04. The predicted octanol–water partition coefficient (Wildman–Crippen LogP) is 4.24. The van der Waals surface area contributed by atoms with Gasteiger partial charge in [0.1, 0.15) is 0 Å². The Hall–Kier alpha value is -1.52. The second-order valence-corrected chi connectivity index (χ2v) is 5.65. The Morgan fingerprint density at radius 2 is 1.90 bits per heavy atom. The molecule has 0 aliphatic heterocycles. The Morgan fingerprint density at radius 1 is 1.30 bits per heavy atom. The third-order valence-corrected chi connectivity index (χ3v) is 4.28. The van der Waals surface area contributed by atoms with E-state index in [4.69, 9.17) is 0 Å². The van der Waals surface area contributed by atoms with Crippen LogP contribution in [0.5, 0.6) is 0 Å². The first-order valence-corrected chi connectivity index (χ1v) is 6.67. The van der Waals surface area contributed by atoms with Crippen LogP contribution in [-0.4, -0.2) is 11.1 Å². The fourth-order valence-electron chi connectivity index (χ4n) is 2.87. The van der Waals surface area contributed by atoms with Gasteiger partial charge >= 0.3 is 12.1 Å². The average molecular weight is 286 g/mol. The molecule has 0 atom stereocenters. The summed E-state index contributed by atoms with van der Waals surface area (Å²) in [6.07, 6.45) is -2.21. The summed E-state index contributed by atoms with van der Waals surface area (Å²) in [5.74, 6) is -0.600. The summed E-state index contributed by atoms with van der Waals surface area (Å²) in [4.78, 5) is 11.7. The van der Waals surface area contributed by atoms with Crippen molar-refractivity contribution < 1.29 is 23.1 Å². The summed E-state index contributed by atoms with van der Waals surface area (Å²) >= 11 is 0. The van der Waals surface area contributed by atoms with Gasteiger partial charge in [-0.2, -0.15) is 13.2 Å². The molecule has 1 saturated carbocycles. The van der Waals surface area contributed by atoms with E-state index in [2.05, 4.69) is 0 Å². The number of hydrogen-bond donors (Lipinski definition) is 1. The zero-order valence-corrected chi connectivity index (χ0v) is 11.2. The number of carboxylic acids is 1. The monoisotopic (exact) mass is 286 g/mol. The van der Waals surface area contributed by atoms with Gasteiger partial charge in [-0.25, -0.2) is 0 Å². The Bertz CT molecular complexity index is 500. The second-order valence-electron chi connectivity index (χ2n) is 5.65. The van der Waals surface area contributed by atoms with E-state index < -0.39 is 23.1 Å². The zero-order valence-electron chi connectivity index (χ0n) is 11.2. The van der Waals surface area contributed by atoms with E-state index in [9.17, 15) is 23.1 Å². The van der Waals surface area contributed by atoms with Gasteiger partial charge in [-0.15, -0.1) is 0 Å². The van der Waals surface area contributed by atoms with Crippen LogP contribution in [0, 0.1) is 5.92 Å². The molecule has 1 fully saturated rings. The highest BCUT2D eigenvalue weighted by atomic mass is 19.4. The fraction of sp³-hybridized carbons (Fsp3) is 0.533. The van der Waals surface area contributed by atoms with E-state index in [-0.39, 0.29) is 5.56 Å². The van der Waals surface area contributed by atoms with Crippen LogP contribution in [0.25, 0.3) is 0 Å². The molecule has 0 unspecified atom stereocenters. The molecule has 20 heavy (non-hydrogen) atoms. The molecule has 1 aromatic carbocycles. The number of hydrogen-bond acceptors (Lipinski definition) is 1. The molecule has 0 saturated heterocycles. The molecule has 0 amide bonds. The number of carboxylic acid groups (broad SMARTS) is 1. The molecule has 0 bridgehead atoms. The number of aliphatic carboxylic acids is 1. The van der Waals surface area contributed by atoms with Crippen molar-refractivity contribution in [1.29, 1.82) is 0 Å². The quantitative estimate of drug-likeness (QED) is 0.883. The summed E-state index contributed by atoms with van der Waals surface area (Å²) < 4.78 is 38.3. The highest BCUT2D eigenvalue weighted by Crippen LogP contribution is 2.43. The molecule has 2 rings (SSSR count). The Balaban J connectivity index is 2.43. The van der Waals surface area contributed by atoms with Gasteiger partial charge in [-0.05, 0) is 43.2 Å². The fourth-order valence-corrected chi connectivity index (χ4v) is 2.87. The standard InChI is InChI=1S/C15H17F3O2/c1-10-5-7-14(8-6-10,13(19)20)11-3-2-4-12(9-11)15(16,17)18/h2-4,9-10H,5-8H2,1H3,(H,19,20). The summed E-state index contributed by atoms with van der Waals surface area (Å²) in [5, 5.41) is 9.54. The van der Waals surface area contributed by atoms with Gasteiger partial charge in [0.15, 0.2) is 0 Å².